The number of hydrogen-bond donors (Lipinski definition) is 2. The molecule has 6 heteroatoms. The van der Waals surface area contributed by atoms with Crippen LogP contribution in [-0.2, 0) is 9.59 Å². The highest BCUT2D eigenvalue weighted by molar-refractivity contribution is 5.75. The van der Waals surface area contributed by atoms with Crippen LogP contribution in [-0.4, -0.2) is 66.6 Å². The first-order valence-electron chi connectivity index (χ1n) is 9.74. The van der Waals surface area contributed by atoms with Crippen molar-refractivity contribution in [2.45, 2.75) is 67.2 Å². The lowest BCUT2D eigenvalue weighted by Gasteiger charge is -2.29. The summed E-state index contributed by atoms with van der Waals surface area (Å²) >= 11 is 0. The lowest BCUT2D eigenvalue weighted by Crippen LogP contribution is -2.37. The fourth-order valence-corrected chi connectivity index (χ4v) is 2.19. The van der Waals surface area contributed by atoms with Crippen molar-refractivity contribution in [2.24, 2.45) is 11.7 Å². The number of carbonyl (C=O) groups is 2. The van der Waals surface area contributed by atoms with Crippen LogP contribution in [0.3, 0.4) is 0 Å². The molecule has 25 heavy (non-hydrogen) atoms. The number of nitrogens with two attached hydrogens (primary N) is 1. The Balaban J connectivity index is -0.000000323. The standard InChI is InChI=1S/C9H17NO2.C6H13NO.C2H7N.C2H6/c1-2-8-3-5-10(6-4-8)7-9(11)12;1-4-6(8)7(3)5-2;1-2-3;1-2/h8H,2-7H2,1H3,(H,11,12);4-5H2,1-3H3;2-3H2,1H3;1-2H3. The molecule has 6 nitrogen and oxygen atoms in total. The molecule has 1 rings (SSSR count). The van der Waals surface area contributed by atoms with Crippen molar-refractivity contribution in [3.05, 3.63) is 0 Å². The Morgan fingerprint density at radius 1 is 1.12 bits per heavy atom. The molecule has 1 heterocycles. The number of piperidine rings is 1. The monoisotopic (exact) mass is 361 g/mol. The van der Waals surface area contributed by atoms with Gasteiger partial charge in [-0.1, -0.05) is 41.0 Å². The van der Waals surface area contributed by atoms with E-state index >= 15 is 0 Å². The third-order valence-electron chi connectivity index (χ3n) is 3.85. The number of carbonyl (C=O) groups excluding carboxylic acids is 1. The number of hydrogen-bond acceptors (Lipinski definition) is 4. The van der Waals surface area contributed by atoms with E-state index in [0.29, 0.717) is 6.42 Å². The van der Waals surface area contributed by atoms with Crippen molar-refractivity contribution in [1.29, 1.82) is 0 Å². The van der Waals surface area contributed by atoms with Crippen molar-refractivity contribution in [3.63, 3.8) is 0 Å². The van der Waals surface area contributed by atoms with Gasteiger partial charge in [0.15, 0.2) is 0 Å². The van der Waals surface area contributed by atoms with Gasteiger partial charge < -0.3 is 15.7 Å². The third-order valence-corrected chi connectivity index (χ3v) is 3.85. The Hall–Kier alpha value is -1.14. The van der Waals surface area contributed by atoms with Crippen LogP contribution in [0.15, 0.2) is 0 Å². The first kappa shape index (κ1) is 28.7. The molecule has 1 fully saturated rings. The molecule has 0 aromatic carbocycles. The van der Waals surface area contributed by atoms with Crippen LogP contribution >= 0.6 is 0 Å². The summed E-state index contributed by atoms with van der Waals surface area (Å²) in [7, 11) is 1.81. The van der Waals surface area contributed by atoms with Crippen molar-refractivity contribution in [1.82, 2.24) is 9.80 Å². The molecule has 0 aromatic heterocycles. The van der Waals surface area contributed by atoms with Crippen molar-refractivity contribution >= 4 is 11.9 Å². The molecule has 0 aliphatic carbocycles. The number of amides is 1. The van der Waals surface area contributed by atoms with E-state index in [-0.39, 0.29) is 12.5 Å². The van der Waals surface area contributed by atoms with Crippen LogP contribution < -0.4 is 5.73 Å². The van der Waals surface area contributed by atoms with Crippen LogP contribution in [0, 0.1) is 5.92 Å². The molecule has 0 spiro atoms. The van der Waals surface area contributed by atoms with E-state index in [2.05, 4.69) is 6.92 Å². The predicted octanol–water partition coefficient (Wildman–Crippen LogP) is 3.06. The summed E-state index contributed by atoms with van der Waals surface area (Å²) in [6, 6.07) is 0. The Bertz CT molecular complexity index is 304. The molecule has 1 aliphatic heterocycles. The second-order valence-corrected chi connectivity index (χ2v) is 5.69. The Labute approximate surface area is 155 Å². The fraction of sp³-hybridized carbons (Fsp3) is 0.895. The lowest BCUT2D eigenvalue weighted by atomic mass is 9.94. The van der Waals surface area contributed by atoms with Crippen LogP contribution in [0.25, 0.3) is 0 Å². The predicted molar refractivity (Wildman–Crippen MR) is 107 cm³/mol. The van der Waals surface area contributed by atoms with Gasteiger partial charge in [0.1, 0.15) is 0 Å². The lowest BCUT2D eigenvalue weighted by molar-refractivity contribution is -0.138. The number of rotatable bonds is 5. The van der Waals surface area contributed by atoms with E-state index < -0.39 is 5.97 Å². The van der Waals surface area contributed by atoms with E-state index in [9.17, 15) is 9.59 Å². The highest BCUT2D eigenvalue weighted by Crippen LogP contribution is 2.19. The van der Waals surface area contributed by atoms with Gasteiger partial charge in [-0.05, 0) is 45.3 Å². The molecular formula is C19H43N3O3. The van der Waals surface area contributed by atoms with Gasteiger partial charge in [-0.3, -0.25) is 14.5 Å². The summed E-state index contributed by atoms with van der Waals surface area (Å²) in [5, 5.41) is 8.55. The van der Waals surface area contributed by atoms with Gasteiger partial charge in [0.25, 0.3) is 0 Å². The maximum Gasteiger partial charge on any atom is 0.317 e. The summed E-state index contributed by atoms with van der Waals surface area (Å²) < 4.78 is 0. The Kier molecular flexibility index (Phi) is 24.0. The minimum absolute atomic E-state index is 0.215. The van der Waals surface area contributed by atoms with E-state index in [4.69, 9.17) is 10.8 Å². The van der Waals surface area contributed by atoms with Crippen LogP contribution in [0.4, 0.5) is 0 Å². The molecule has 152 valence electrons. The summed E-state index contributed by atoms with van der Waals surface area (Å²) in [6.07, 6.45) is 4.19. The van der Waals surface area contributed by atoms with E-state index in [0.717, 1.165) is 32.1 Å². The summed E-state index contributed by atoms with van der Waals surface area (Å²) in [4.78, 5) is 24.8. The average molecular weight is 362 g/mol. The van der Waals surface area contributed by atoms with Gasteiger partial charge in [0.2, 0.25) is 5.91 Å². The van der Waals surface area contributed by atoms with E-state index in [1.54, 1.807) is 4.90 Å². The zero-order valence-electron chi connectivity index (χ0n) is 17.7. The average Bonchev–Trinajstić information content (AvgIpc) is 2.63. The normalized spacial score (nSPS) is 13.9. The molecule has 0 aromatic rings. The maximum atomic E-state index is 10.7. The quantitative estimate of drug-likeness (QED) is 0.786. The van der Waals surface area contributed by atoms with Crippen LogP contribution in [0.2, 0.25) is 0 Å². The second kappa shape index (κ2) is 20.9. The van der Waals surface area contributed by atoms with Crippen LogP contribution in [0.5, 0.6) is 0 Å². The number of likely N-dealkylation sites (tertiary alicyclic amines) is 1. The third kappa shape index (κ3) is 19.0. The van der Waals surface area contributed by atoms with E-state index in [1.807, 2.05) is 46.6 Å². The largest absolute Gasteiger partial charge is 0.480 e. The van der Waals surface area contributed by atoms with Gasteiger partial charge in [0, 0.05) is 20.0 Å². The van der Waals surface area contributed by atoms with Gasteiger partial charge >= 0.3 is 5.97 Å². The maximum absolute atomic E-state index is 10.7. The molecule has 1 amide bonds. The van der Waals surface area contributed by atoms with Gasteiger partial charge in [-0.25, -0.2) is 0 Å². The molecule has 0 atom stereocenters. The van der Waals surface area contributed by atoms with E-state index in [1.165, 1.54) is 19.3 Å². The highest BCUT2D eigenvalue weighted by atomic mass is 16.4. The molecule has 0 radical (unpaired) electrons. The second-order valence-electron chi connectivity index (χ2n) is 5.69. The molecule has 0 unspecified atom stereocenters. The number of nitrogens with zero attached hydrogens (tertiary/aromatic N) is 2. The Morgan fingerprint density at radius 2 is 1.56 bits per heavy atom. The van der Waals surface area contributed by atoms with Gasteiger partial charge in [0.05, 0.1) is 6.54 Å². The molecule has 1 saturated heterocycles. The minimum atomic E-state index is -0.704. The molecule has 3 N–H and O–H groups in total. The molecular weight excluding hydrogens is 318 g/mol. The minimum Gasteiger partial charge on any atom is -0.480 e. The molecule has 0 bridgehead atoms. The summed E-state index contributed by atoms with van der Waals surface area (Å²) in [6.45, 7) is 15.7. The van der Waals surface area contributed by atoms with Crippen molar-refractivity contribution in [3.8, 4) is 0 Å². The zero-order valence-corrected chi connectivity index (χ0v) is 17.7. The van der Waals surface area contributed by atoms with Crippen molar-refractivity contribution < 1.29 is 14.7 Å². The topological polar surface area (TPSA) is 86.9 Å². The smallest absolute Gasteiger partial charge is 0.317 e. The first-order chi connectivity index (χ1) is 11.9. The highest BCUT2D eigenvalue weighted by Gasteiger charge is 2.18. The number of carboxylic acid groups (broad SMARTS) is 1. The summed E-state index contributed by atoms with van der Waals surface area (Å²) in [5.41, 5.74) is 4.85. The SMILES string of the molecule is CC.CCC(=O)N(C)CC.CCC1CCN(CC(=O)O)CC1.CCN. The first-order valence-corrected chi connectivity index (χ1v) is 9.74. The van der Waals surface area contributed by atoms with Crippen LogP contribution in [0.1, 0.15) is 67.2 Å². The number of carboxylic acids is 1. The molecule has 0 saturated carbocycles. The van der Waals surface area contributed by atoms with Gasteiger partial charge in [-0.15, -0.1) is 0 Å². The summed E-state index contributed by atoms with van der Waals surface area (Å²) in [5.74, 6) is 0.340. The molecule has 1 aliphatic rings. The Morgan fingerprint density at radius 3 is 1.80 bits per heavy atom. The van der Waals surface area contributed by atoms with Crippen molar-refractivity contribution in [2.75, 3.05) is 39.8 Å². The fourth-order valence-electron chi connectivity index (χ4n) is 2.19. The van der Waals surface area contributed by atoms with Gasteiger partial charge in [-0.2, -0.15) is 0 Å². The number of aliphatic carboxylic acids is 1. The zero-order chi connectivity index (χ0) is 20.3.